The Morgan fingerprint density at radius 1 is 1.16 bits per heavy atom. The van der Waals surface area contributed by atoms with Crippen LogP contribution >= 0.6 is 0 Å². The summed E-state index contributed by atoms with van der Waals surface area (Å²) >= 11 is 0. The molecule has 2 N–H and O–H groups in total. The van der Waals surface area contributed by atoms with E-state index in [2.05, 4.69) is 10.6 Å². The first-order valence-electron chi connectivity index (χ1n) is 7.70. The number of anilines is 1. The molecule has 0 aliphatic carbocycles. The molecule has 0 spiro atoms. The predicted molar refractivity (Wildman–Crippen MR) is 89.3 cm³/mol. The molecule has 0 saturated carbocycles. The normalized spacial score (nSPS) is 11.5. The molecule has 132 valence electrons. The third-order valence-electron chi connectivity index (χ3n) is 3.42. The molecule has 2 aromatic carbocycles. The van der Waals surface area contributed by atoms with Crippen LogP contribution in [0, 0.1) is 11.6 Å². The molecule has 0 fully saturated rings. The number of hydrogen-bond acceptors (Lipinski definition) is 3. The van der Waals surface area contributed by atoms with Crippen molar-refractivity contribution in [1.82, 2.24) is 5.32 Å². The summed E-state index contributed by atoms with van der Waals surface area (Å²) in [7, 11) is 0. The van der Waals surface area contributed by atoms with Crippen molar-refractivity contribution in [2.24, 2.45) is 0 Å². The minimum Gasteiger partial charge on any atom is -0.450 e. The number of ether oxygens (including phenoxy) is 1. The van der Waals surface area contributed by atoms with Crippen LogP contribution in [0.5, 0.6) is 0 Å². The van der Waals surface area contributed by atoms with E-state index < -0.39 is 29.7 Å². The molecular weight excluding hydrogens is 330 g/mol. The van der Waals surface area contributed by atoms with Crippen LogP contribution < -0.4 is 10.6 Å². The van der Waals surface area contributed by atoms with Crippen molar-refractivity contribution in [3.8, 4) is 0 Å². The van der Waals surface area contributed by atoms with Gasteiger partial charge in [0, 0.05) is 22.9 Å². The highest BCUT2D eigenvalue weighted by Gasteiger charge is 2.16. The minimum absolute atomic E-state index is 0.176. The fourth-order valence-corrected chi connectivity index (χ4v) is 2.23. The fourth-order valence-electron chi connectivity index (χ4n) is 2.23. The molecular formula is C18H18F2N2O3. The van der Waals surface area contributed by atoms with Crippen molar-refractivity contribution in [3.05, 3.63) is 65.2 Å². The number of halogens is 2. The topological polar surface area (TPSA) is 67.4 Å². The van der Waals surface area contributed by atoms with Crippen LogP contribution in [-0.4, -0.2) is 18.6 Å². The van der Waals surface area contributed by atoms with E-state index in [-0.39, 0.29) is 17.7 Å². The van der Waals surface area contributed by atoms with Crippen LogP contribution in [0.4, 0.5) is 19.3 Å². The Hall–Kier alpha value is -2.96. The highest BCUT2D eigenvalue weighted by molar-refractivity contribution is 5.96. The van der Waals surface area contributed by atoms with Crippen molar-refractivity contribution in [2.75, 3.05) is 11.9 Å². The molecule has 7 heteroatoms. The van der Waals surface area contributed by atoms with E-state index in [4.69, 9.17) is 4.74 Å². The molecule has 0 saturated heterocycles. The van der Waals surface area contributed by atoms with Gasteiger partial charge in [0.1, 0.15) is 11.6 Å². The molecule has 0 bridgehead atoms. The summed E-state index contributed by atoms with van der Waals surface area (Å²) < 4.78 is 31.5. The van der Waals surface area contributed by atoms with Gasteiger partial charge in [-0.25, -0.2) is 13.6 Å². The molecule has 0 unspecified atom stereocenters. The first-order valence-corrected chi connectivity index (χ1v) is 7.70. The Morgan fingerprint density at radius 2 is 1.92 bits per heavy atom. The predicted octanol–water partition coefficient (Wildman–Crippen LogP) is 4.02. The summed E-state index contributed by atoms with van der Waals surface area (Å²) in [5.41, 5.74) is 0.853. The molecule has 2 aromatic rings. The van der Waals surface area contributed by atoms with Gasteiger partial charge < -0.3 is 10.1 Å². The Balaban J connectivity index is 2.08. The Kier molecular flexibility index (Phi) is 6.05. The summed E-state index contributed by atoms with van der Waals surface area (Å²) in [6.45, 7) is 3.50. The Labute approximate surface area is 144 Å². The number of rotatable bonds is 5. The summed E-state index contributed by atoms with van der Waals surface area (Å²) in [6, 6.07) is 8.76. The molecule has 0 aliphatic heterocycles. The average Bonchev–Trinajstić information content (AvgIpc) is 2.55. The van der Waals surface area contributed by atoms with Crippen LogP contribution in [0.1, 0.15) is 35.8 Å². The molecule has 1 atom stereocenters. The highest BCUT2D eigenvalue weighted by Crippen LogP contribution is 2.19. The zero-order valence-corrected chi connectivity index (χ0v) is 13.8. The van der Waals surface area contributed by atoms with Crippen LogP contribution in [0.2, 0.25) is 0 Å². The summed E-state index contributed by atoms with van der Waals surface area (Å²) in [5.74, 6) is -1.87. The van der Waals surface area contributed by atoms with E-state index in [0.717, 1.165) is 12.1 Å². The van der Waals surface area contributed by atoms with E-state index in [1.165, 1.54) is 12.1 Å². The average molecular weight is 348 g/mol. The van der Waals surface area contributed by atoms with Crippen molar-refractivity contribution in [1.29, 1.82) is 0 Å². The standard InChI is InChI=1S/C18H18F2N2O3/c1-3-25-18(24)22-14-6-4-5-12(9-14)17(23)21-11(2)15-8-7-13(19)10-16(15)20/h4-11H,3H2,1-2H3,(H,21,23)(H,22,24)/t11-/m1/s1. The molecule has 25 heavy (non-hydrogen) atoms. The van der Waals surface area contributed by atoms with Crippen molar-refractivity contribution in [2.45, 2.75) is 19.9 Å². The maximum Gasteiger partial charge on any atom is 0.411 e. The van der Waals surface area contributed by atoms with Gasteiger partial charge in [-0.3, -0.25) is 10.1 Å². The largest absolute Gasteiger partial charge is 0.450 e. The fraction of sp³-hybridized carbons (Fsp3) is 0.222. The molecule has 5 nitrogen and oxygen atoms in total. The lowest BCUT2D eigenvalue weighted by molar-refractivity contribution is 0.0939. The van der Waals surface area contributed by atoms with E-state index in [1.54, 1.807) is 32.0 Å². The number of carbonyl (C=O) groups excluding carboxylic acids is 2. The molecule has 2 amide bonds. The second-order valence-electron chi connectivity index (χ2n) is 5.29. The number of carbonyl (C=O) groups is 2. The third kappa shape index (κ3) is 5.00. The molecule has 0 radical (unpaired) electrons. The Morgan fingerprint density at radius 3 is 2.60 bits per heavy atom. The van der Waals surface area contributed by atoms with Gasteiger partial charge in [-0.15, -0.1) is 0 Å². The van der Waals surface area contributed by atoms with E-state index >= 15 is 0 Å². The van der Waals surface area contributed by atoms with Gasteiger partial charge in [0.2, 0.25) is 0 Å². The Bertz CT molecular complexity index is 781. The van der Waals surface area contributed by atoms with Gasteiger partial charge in [0.05, 0.1) is 12.6 Å². The third-order valence-corrected chi connectivity index (χ3v) is 3.42. The number of nitrogens with one attached hydrogen (secondary N) is 2. The van der Waals surface area contributed by atoms with E-state index in [9.17, 15) is 18.4 Å². The molecule has 0 aliphatic rings. The van der Waals surface area contributed by atoms with Crippen LogP contribution in [0.15, 0.2) is 42.5 Å². The second-order valence-corrected chi connectivity index (χ2v) is 5.29. The summed E-state index contributed by atoms with van der Waals surface area (Å²) in [6.07, 6.45) is -0.623. The van der Waals surface area contributed by atoms with Gasteiger partial charge in [-0.2, -0.15) is 0 Å². The van der Waals surface area contributed by atoms with Gasteiger partial charge in [-0.1, -0.05) is 12.1 Å². The quantitative estimate of drug-likeness (QED) is 0.857. The monoisotopic (exact) mass is 348 g/mol. The van der Waals surface area contributed by atoms with Crippen LogP contribution in [0.3, 0.4) is 0 Å². The zero-order valence-electron chi connectivity index (χ0n) is 13.8. The molecule has 0 aromatic heterocycles. The van der Waals surface area contributed by atoms with Gasteiger partial charge >= 0.3 is 6.09 Å². The van der Waals surface area contributed by atoms with Crippen LogP contribution in [0.25, 0.3) is 0 Å². The maximum atomic E-state index is 13.8. The van der Waals surface area contributed by atoms with Crippen molar-refractivity contribution in [3.63, 3.8) is 0 Å². The number of amides is 2. The zero-order chi connectivity index (χ0) is 18.4. The second kappa shape index (κ2) is 8.23. The molecule has 2 rings (SSSR count). The maximum absolute atomic E-state index is 13.8. The van der Waals surface area contributed by atoms with Gasteiger partial charge in [0.25, 0.3) is 5.91 Å². The first kappa shape index (κ1) is 18.4. The summed E-state index contributed by atoms with van der Waals surface area (Å²) in [4.78, 5) is 23.7. The van der Waals surface area contributed by atoms with Crippen LogP contribution in [-0.2, 0) is 4.74 Å². The number of hydrogen-bond donors (Lipinski definition) is 2. The van der Waals surface area contributed by atoms with E-state index in [1.807, 2.05) is 0 Å². The summed E-state index contributed by atoms with van der Waals surface area (Å²) in [5, 5.41) is 5.13. The smallest absolute Gasteiger partial charge is 0.411 e. The van der Waals surface area contributed by atoms with Gasteiger partial charge in [-0.05, 0) is 38.1 Å². The lowest BCUT2D eigenvalue weighted by atomic mass is 10.1. The SMILES string of the molecule is CCOC(=O)Nc1cccc(C(=O)N[C@H](C)c2ccc(F)cc2F)c1. The lowest BCUT2D eigenvalue weighted by Gasteiger charge is -2.15. The van der Waals surface area contributed by atoms with Gasteiger partial charge in [0.15, 0.2) is 0 Å². The van der Waals surface area contributed by atoms with Crippen molar-refractivity contribution >= 4 is 17.7 Å². The lowest BCUT2D eigenvalue weighted by Crippen LogP contribution is -2.27. The van der Waals surface area contributed by atoms with Crippen molar-refractivity contribution < 1.29 is 23.1 Å². The first-order chi connectivity index (χ1) is 11.9. The van der Waals surface area contributed by atoms with E-state index in [0.29, 0.717) is 5.69 Å². The minimum atomic E-state index is -0.731. The highest BCUT2D eigenvalue weighted by atomic mass is 19.1. The molecule has 0 heterocycles. The number of benzene rings is 2.